The van der Waals surface area contributed by atoms with E-state index in [0.717, 1.165) is 25.7 Å². The van der Waals surface area contributed by atoms with Crippen molar-refractivity contribution in [3.63, 3.8) is 0 Å². The SMILES string of the molecule is CN1CCC(Nc2ccc(OC(F)(F)F)cn2)C1. The fourth-order valence-electron chi connectivity index (χ4n) is 1.92. The number of likely N-dealkylation sites (tertiary alicyclic amines) is 1. The van der Waals surface area contributed by atoms with Crippen molar-refractivity contribution >= 4 is 5.82 Å². The van der Waals surface area contributed by atoms with E-state index in [9.17, 15) is 13.2 Å². The number of rotatable bonds is 3. The van der Waals surface area contributed by atoms with Crippen molar-refractivity contribution in [1.82, 2.24) is 9.88 Å². The predicted molar refractivity (Wildman–Crippen MR) is 60.4 cm³/mol. The first-order chi connectivity index (χ1) is 8.42. The molecule has 1 aliphatic heterocycles. The summed E-state index contributed by atoms with van der Waals surface area (Å²) in [6.45, 7) is 1.91. The van der Waals surface area contributed by atoms with Crippen LogP contribution < -0.4 is 10.1 Å². The molecule has 1 saturated heterocycles. The van der Waals surface area contributed by atoms with Gasteiger partial charge in [-0.15, -0.1) is 13.2 Å². The summed E-state index contributed by atoms with van der Waals surface area (Å²) in [4.78, 5) is 6.08. The first-order valence-electron chi connectivity index (χ1n) is 5.59. The molecule has 0 radical (unpaired) electrons. The maximum atomic E-state index is 11.9. The van der Waals surface area contributed by atoms with E-state index >= 15 is 0 Å². The summed E-state index contributed by atoms with van der Waals surface area (Å²) in [5.41, 5.74) is 0. The highest BCUT2D eigenvalue weighted by Gasteiger charge is 2.31. The quantitative estimate of drug-likeness (QED) is 0.904. The van der Waals surface area contributed by atoms with E-state index in [1.165, 1.54) is 12.1 Å². The molecule has 0 amide bonds. The number of nitrogens with one attached hydrogen (secondary N) is 1. The molecule has 1 atom stereocenters. The van der Waals surface area contributed by atoms with Crippen molar-refractivity contribution in [3.8, 4) is 5.75 Å². The molecule has 1 aliphatic rings. The van der Waals surface area contributed by atoms with E-state index < -0.39 is 6.36 Å². The van der Waals surface area contributed by atoms with Crippen LogP contribution in [0.1, 0.15) is 6.42 Å². The van der Waals surface area contributed by atoms with Gasteiger partial charge in [-0.05, 0) is 32.1 Å². The second-order valence-electron chi connectivity index (χ2n) is 4.32. The molecule has 0 bridgehead atoms. The molecule has 1 unspecified atom stereocenters. The van der Waals surface area contributed by atoms with E-state index in [2.05, 4.69) is 19.9 Å². The van der Waals surface area contributed by atoms with Crippen LogP contribution in [0.4, 0.5) is 19.0 Å². The number of hydrogen-bond donors (Lipinski definition) is 1. The Kier molecular flexibility index (Phi) is 3.60. The number of nitrogens with zero attached hydrogens (tertiary/aromatic N) is 2. The Morgan fingerprint density at radius 1 is 1.44 bits per heavy atom. The van der Waals surface area contributed by atoms with Gasteiger partial charge in [0, 0.05) is 12.6 Å². The number of hydrogen-bond acceptors (Lipinski definition) is 4. The zero-order valence-electron chi connectivity index (χ0n) is 9.87. The van der Waals surface area contributed by atoms with E-state index in [-0.39, 0.29) is 11.8 Å². The number of pyridine rings is 1. The second kappa shape index (κ2) is 5.01. The Morgan fingerprint density at radius 2 is 2.22 bits per heavy atom. The largest absolute Gasteiger partial charge is 0.573 e. The first kappa shape index (κ1) is 12.9. The average Bonchev–Trinajstić information content (AvgIpc) is 2.65. The van der Waals surface area contributed by atoms with Gasteiger partial charge < -0.3 is 15.0 Å². The van der Waals surface area contributed by atoms with Crippen LogP contribution in [0.3, 0.4) is 0 Å². The number of aromatic nitrogens is 1. The third-order valence-electron chi connectivity index (χ3n) is 2.71. The Balaban J connectivity index is 1.91. The van der Waals surface area contributed by atoms with Crippen LogP contribution in [0.15, 0.2) is 18.3 Å². The average molecular weight is 261 g/mol. The van der Waals surface area contributed by atoms with E-state index in [1.807, 2.05) is 7.05 Å². The number of alkyl halides is 3. The monoisotopic (exact) mass is 261 g/mol. The molecule has 18 heavy (non-hydrogen) atoms. The molecule has 1 aromatic heterocycles. The summed E-state index contributed by atoms with van der Waals surface area (Å²) >= 11 is 0. The van der Waals surface area contributed by atoms with Gasteiger partial charge in [-0.25, -0.2) is 4.98 Å². The van der Waals surface area contributed by atoms with Gasteiger partial charge in [-0.1, -0.05) is 0 Å². The molecule has 0 aromatic carbocycles. The van der Waals surface area contributed by atoms with E-state index in [1.54, 1.807) is 0 Å². The van der Waals surface area contributed by atoms with Crippen LogP contribution in [0.25, 0.3) is 0 Å². The fraction of sp³-hybridized carbons (Fsp3) is 0.545. The lowest BCUT2D eigenvalue weighted by molar-refractivity contribution is -0.274. The third kappa shape index (κ3) is 3.76. The van der Waals surface area contributed by atoms with Gasteiger partial charge in [0.15, 0.2) is 0 Å². The zero-order chi connectivity index (χ0) is 13.2. The molecule has 0 spiro atoms. The van der Waals surface area contributed by atoms with E-state index in [0.29, 0.717) is 5.82 Å². The van der Waals surface area contributed by atoms with Crippen LogP contribution >= 0.6 is 0 Å². The van der Waals surface area contributed by atoms with Crippen molar-refractivity contribution in [3.05, 3.63) is 18.3 Å². The summed E-state index contributed by atoms with van der Waals surface area (Å²) in [6, 6.07) is 3.03. The Hall–Kier alpha value is -1.50. The topological polar surface area (TPSA) is 37.4 Å². The van der Waals surface area contributed by atoms with Crippen LogP contribution in [0.2, 0.25) is 0 Å². The lowest BCUT2D eigenvalue weighted by Gasteiger charge is -2.14. The van der Waals surface area contributed by atoms with Crippen molar-refractivity contribution in [1.29, 1.82) is 0 Å². The molecule has 4 nitrogen and oxygen atoms in total. The van der Waals surface area contributed by atoms with Gasteiger partial charge in [0.2, 0.25) is 0 Å². The Morgan fingerprint density at radius 3 is 2.72 bits per heavy atom. The Labute approximate surface area is 103 Å². The van der Waals surface area contributed by atoms with Crippen LogP contribution in [0, 0.1) is 0 Å². The molecule has 7 heteroatoms. The number of likely N-dealkylation sites (N-methyl/N-ethyl adjacent to an activating group) is 1. The highest BCUT2D eigenvalue weighted by molar-refractivity contribution is 5.38. The smallest absolute Gasteiger partial charge is 0.404 e. The minimum absolute atomic E-state index is 0.289. The van der Waals surface area contributed by atoms with Gasteiger partial charge in [-0.3, -0.25) is 0 Å². The van der Waals surface area contributed by atoms with Gasteiger partial charge in [-0.2, -0.15) is 0 Å². The predicted octanol–water partition coefficient (Wildman–Crippen LogP) is 2.10. The van der Waals surface area contributed by atoms with Gasteiger partial charge in [0.1, 0.15) is 11.6 Å². The standard InChI is InChI=1S/C11H14F3N3O/c1-17-5-4-8(7-17)16-10-3-2-9(6-15-10)18-11(12,13)14/h2-3,6,8H,4-5,7H2,1H3,(H,15,16). The molecule has 2 heterocycles. The summed E-state index contributed by atoms with van der Waals surface area (Å²) < 4.78 is 39.6. The van der Waals surface area contributed by atoms with Crippen molar-refractivity contribution in [2.45, 2.75) is 18.8 Å². The van der Waals surface area contributed by atoms with Gasteiger partial charge in [0.25, 0.3) is 0 Å². The molecule has 0 aliphatic carbocycles. The summed E-state index contributed by atoms with van der Waals surface area (Å²) in [5.74, 6) is 0.251. The minimum atomic E-state index is -4.68. The third-order valence-corrected chi connectivity index (χ3v) is 2.71. The van der Waals surface area contributed by atoms with Crippen molar-refractivity contribution < 1.29 is 17.9 Å². The van der Waals surface area contributed by atoms with Crippen molar-refractivity contribution in [2.24, 2.45) is 0 Å². The van der Waals surface area contributed by atoms with Crippen LogP contribution in [-0.2, 0) is 0 Å². The summed E-state index contributed by atoms with van der Waals surface area (Å²) in [7, 11) is 2.02. The molecule has 1 fully saturated rings. The summed E-state index contributed by atoms with van der Waals surface area (Å²) in [5, 5.41) is 3.17. The fourth-order valence-corrected chi connectivity index (χ4v) is 1.92. The van der Waals surface area contributed by atoms with E-state index in [4.69, 9.17) is 0 Å². The Bertz CT molecular complexity index is 394. The molecule has 2 rings (SSSR count). The molecular weight excluding hydrogens is 247 g/mol. The molecule has 0 saturated carbocycles. The van der Waals surface area contributed by atoms with Gasteiger partial charge >= 0.3 is 6.36 Å². The highest BCUT2D eigenvalue weighted by atomic mass is 19.4. The van der Waals surface area contributed by atoms with Gasteiger partial charge in [0.05, 0.1) is 6.20 Å². The van der Waals surface area contributed by atoms with Crippen LogP contribution in [-0.4, -0.2) is 42.4 Å². The maximum Gasteiger partial charge on any atom is 0.573 e. The van der Waals surface area contributed by atoms with Crippen molar-refractivity contribution in [2.75, 3.05) is 25.5 Å². The maximum absolute atomic E-state index is 11.9. The van der Waals surface area contributed by atoms with Crippen LogP contribution in [0.5, 0.6) is 5.75 Å². The lowest BCUT2D eigenvalue weighted by atomic mass is 10.2. The second-order valence-corrected chi connectivity index (χ2v) is 4.32. The summed E-state index contributed by atoms with van der Waals surface area (Å²) in [6.07, 6.45) is -2.61. The number of halogens is 3. The normalized spacial score (nSPS) is 21.0. The molecular formula is C11H14F3N3O. The number of anilines is 1. The highest BCUT2D eigenvalue weighted by Crippen LogP contribution is 2.23. The molecule has 100 valence electrons. The number of ether oxygens (including phenoxy) is 1. The zero-order valence-corrected chi connectivity index (χ0v) is 9.87. The lowest BCUT2D eigenvalue weighted by Crippen LogP contribution is -2.24. The molecule has 1 aromatic rings. The first-order valence-corrected chi connectivity index (χ1v) is 5.59. The minimum Gasteiger partial charge on any atom is -0.404 e. The molecule has 1 N–H and O–H groups in total.